The molecule has 0 saturated carbocycles. The number of hydrogen-bond donors (Lipinski definition) is 3. The van der Waals surface area contributed by atoms with E-state index in [1.54, 1.807) is 55.9 Å². The van der Waals surface area contributed by atoms with Gasteiger partial charge in [0.2, 0.25) is 0 Å². The Morgan fingerprint density at radius 3 is 1.86 bits per heavy atom. The highest BCUT2D eigenvalue weighted by molar-refractivity contribution is 6.34. The zero-order chi connectivity index (χ0) is 44.0. The standard InChI is InChI=1S/C26H27Cl2N5O2.C21H17Cl2N3O2/c1-35-24-5-3-2-4-22(24)31-10-12-32(13-11-31)26(34)18-15-23-25(30-16-18)29-8-9-33(23)17-19-14-20(27)6-7-21(19)28;22-15-5-6-18(23)14(9-15)12-26-8-7-24-20-19(26)10-13(11-25-20)16-3-1-2-4-17(16)21(27)28/h2-7,14-16H,8-13,17H2,1H3,(H,29,30);1-6,9-11H,7-8,12H2,(H,24,25)(H,27,28). The van der Waals surface area contributed by atoms with Gasteiger partial charge in [0.05, 0.1) is 35.3 Å². The zero-order valence-corrected chi connectivity index (χ0v) is 37.4. The van der Waals surface area contributed by atoms with Crippen molar-refractivity contribution in [1.29, 1.82) is 0 Å². The van der Waals surface area contributed by atoms with Gasteiger partial charge in [-0.2, -0.15) is 0 Å². The van der Waals surface area contributed by atoms with E-state index >= 15 is 0 Å². The second kappa shape index (κ2) is 19.6. The Balaban J connectivity index is 0.000000177. The number of carbonyl (C=O) groups is 2. The number of pyridine rings is 2. The Morgan fingerprint density at radius 1 is 0.667 bits per heavy atom. The topological polar surface area (TPSA) is 126 Å². The summed E-state index contributed by atoms with van der Waals surface area (Å²) in [5.41, 5.74) is 6.94. The first-order valence-electron chi connectivity index (χ1n) is 20.4. The fourth-order valence-corrected chi connectivity index (χ4v) is 8.74. The summed E-state index contributed by atoms with van der Waals surface area (Å²) >= 11 is 25.1. The van der Waals surface area contributed by atoms with Crippen LogP contribution in [0.15, 0.2) is 109 Å². The zero-order valence-electron chi connectivity index (χ0n) is 34.3. The minimum absolute atomic E-state index is 0.00807. The van der Waals surface area contributed by atoms with Crippen molar-refractivity contribution in [2.75, 3.05) is 84.8 Å². The molecule has 9 rings (SSSR count). The Hall–Kier alpha value is -5.92. The van der Waals surface area contributed by atoms with Crippen molar-refractivity contribution in [3.8, 4) is 16.9 Å². The summed E-state index contributed by atoms with van der Waals surface area (Å²) in [5.74, 6) is 1.41. The van der Waals surface area contributed by atoms with E-state index in [0.29, 0.717) is 57.4 Å². The van der Waals surface area contributed by atoms with E-state index in [1.165, 1.54) is 0 Å². The molecule has 5 heterocycles. The Bertz CT molecular complexity index is 2640. The van der Waals surface area contributed by atoms with Gasteiger partial charge in [0.25, 0.3) is 5.91 Å². The van der Waals surface area contributed by atoms with Crippen LogP contribution >= 0.6 is 46.4 Å². The molecule has 12 nitrogen and oxygen atoms in total. The fourth-order valence-electron chi connectivity index (χ4n) is 8.00. The second-order valence-corrected chi connectivity index (χ2v) is 16.8. The van der Waals surface area contributed by atoms with Gasteiger partial charge in [-0.25, -0.2) is 14.8 Å². The van der Waals surface area contributed by atoms with Gasteiger partial charge in [-0.3, -0.25) is 4.79 Å². The number of aromatic nitrogens is 2. The van der Waals surface area contributed by atoms with E-state index in [2.05, 4.69) is 41.4 Å². The maximum absolute atomic E-state index is 13.4. The molecular formula is C47H44Cl4N8O4. The monoisotopic (exact) mass is 924 g/mol. The molecule has 63 heavy (non-hydrogen) atoms. The molecule has 0 spiro atoms. The number of fused-ring (bicyclic) bond motifs is 2. The van der Waals surface area contributed by atoms with Crippen LogP contribution in [0.1, 0.15) is 31.8 Å². The average molecular weight is 927 g/mol. The smallest absolute Gasteiger partial charge is 0.336 e. The van der Waals surface area contributed by atoms with Crippen LogP contribution in [0.5, 0.6) is 5.75 Å². The molecule has 3 N–H and O–H groups in total. The molecule has 0 unspecified atom stereocenters. The van der Waals surface area contributed by atoms with Crippen LogP contribution < -0.4 is 30.1 Å². The summed E-state index contributed by atoms with van der Waals surface area (Å²) < 4.78 is 5.50. The van der Waals surface area contributed by atoms with Crippen molar-refractivity contribution < 1.29 is 19.4 Å². The summed E-state index contributed by atoms with van der Waals surface area (Å²) in [4.78, 5) is 42.6. The highest BCUT2D eigenvalue weighted by Crippen LogP contribution is 2.36. The molecule has 0 aliphatic carbocycles. The molecular weight excluding hydrogens is 882 g/mol. The lowest BCUT2D eigenvalue weighted by Crippen LogP contribution is -2.49. The van der Waals surface area contributed by atoms with Crippen molar-refractivity contribution in [3.05, 3.63) is 152 Å². The van der Waals surface area contributed by atoms with Crippen LogP contribution in [0.3, 0.4) is 0 Å². The van der Waals surface area contributed by atoms with Crippen molar-refractivity contribution in [2.45, 2.75) is 13.1 Å². The Kier molecular flexibility index (Phi) is 13.6. The molecule has 0 bridgehead atoms. The number of carboxylic acids is 1. The summed E-state index contributed by atoms with van der Waals surface area (Å²) in [6.45, 7) is 6.97. The van der Waals surface area contributed by atoms with E-state index < -0.39 is 5.97 Å². The van der Waals surface area contributed by atoms with Crippen LogP contribution in [-0.2, 0) is 13.1 Å². The van der Waals surface area contributed by atoms with Gasteiger partial charge in [-0.15, -0.1) is 0 Å². The molecule has 16 heteroatoms. The average Bonchev–Trinajstić information content (AvgIpc) is 3.31. The van der Waals surface area contributed by atoms with E-state index in [0.717, 1.165) is 90.4 Å². The van der Waals surface area contributed by atoms with E-state index in [9.17, 15) is 14.7 Å². The van der Waals surface area contributed by atoms with E-state index in [1.807, 2.05) is 59.5 Å². The van der Waals surface area contributed by atoms with Crippen LogP contribution in [0.25, 0.3) is 11.1 Å². The number of carboxylic acid groups (broad SMARTS) is 1. The van der Waals surface area contributed by atoms with Crippen molar-refractivity contribution in [2.24, 2.45) is 0 Å². The van der Waals surface area contributed by atoms with Crippen LogP contribution in [-0.4, -0.2) is 91.3 Å². The number of hydrogen-bond acceptors (Lipinski definition) is 10. The normalized spacial score (nSPS) is 14.4. The summed E-state index contributed by atoms with van der Waals surface area (Å²) in [6, 6.07) is 29.7. The molecule has 1 fully saturated rings. The van der Waals surface area contributed by atoms with E-state index in [-0.39, 0.29) is 11.5 Å². The first kappa shape index (κ1) is 43.7. The van der Waals surface area contributed by atoms with Gasteiger partial charge in [-0.05, 0) is 83.4 Å². The molecule has 0 radical (unpaired) electrons. The first-order chi connectivity index (χ1) is 30.6. The number of aromatic carboxylic acids is 1. The minimum Gasteiger partial charge on any atom is -0.495 e. The number of piperazine rings is 1. The maximum atomic E-state index is 13.4. The lowest BCUT2D eigenvalue weighted by molar-refractivity contribution is 0.0696. The number of nitrogens with one attached hydrogen (secondary N) is 2. The Morgan fingerprint density at radius 2 is 1.24 bits per heavy atom. The minimum atomic E-state index is -0.964. The molecule has 1 saturated heterocycles. The maximum Gasteiger partial charge on any atom is 0.336 e. The summed E-state index contributed by atoms with van der Waals surface area (Å²) in [7, 11) is 1.68. The number of halogens is 4. The highest BCUT2D eigenvalue weighted by atomic mass is 35.5. The molecule has 4 aromatic carbocycles. The summed E-state index contributed by atoms with van der Waals surface area (Å²) in [6.07, 6.45) is 3.36. The quantitative estimate of drug-likeness (QED) is 0.128. The van der Waals surface area contributed by atoms with Crippen molar-refractivity contribution in [1.82, 2.24) is 14.9 Å². The number of benzene rings is 4. The van der Waals surface area contributed by atoms with Gasteiger partial charge >= 0.3 is 5.97 Å². The first-order valence-corrected chi connectivity index (χ1v) is 21.9. The Labute approximate surface area is 385 Å². The predicted molar refractivity (Wildman–Crippen MR) is 254 cm³/mol. The molecule has 3 aliphatic heterocycles. The van der Waals surface area contributed by atoms with Gasteiger partial charge in [-0.1, -0.05) is 76.7 Å². The number of rotatable bonds is 9. The molecule has 2 aromatic heterocycles. The number of amides is 1. The third kappa shape index (κ3) is 10.00. The molecule has 6 aromatic rings. The number of anilines is 5. The van der Waals surface area contributed by atoms with Crippen LogP contribution in [0.4, 0.5) is 28.7 Å². The third-order valence-corrected chi connectivity index (χ3v) is 12.4. The van der Waals surface area contributed by atoms with Crippen molar-refractivity contribution >= 4 is 87.0 Å². The highest BCUT2D eigenvalue weighted by Gasteiger charge is 2.27. The number of para-hydroxylation sites is 2. The third-order valence-electron chi connectivity index (χ3n) is 11.2. The van der Waals surface area contributed by atoms with Gasteiger partial charge in [0, 0.05) is 103 Å². The SMILES string of the molecule is COc1ccccc1N1CCN(C(=O)c2cnc3c(c2)N(Cc2cc(Cl)ccc2Cl)CCN3)CC1.O=C(O)c1ccccc1-c1cnc2c(c1)N(Cc1cc(Cl)ccc1Cl)CCN2. The van der Waals surface area contributed by atoms with Crippen LogP contribution in [0.2, 0.25) is 20.1 Å². The number of carbonyl (C=O) groups excluding carboxylic acids is 1. The molecule has 1 amide bonds. The van der Waals surface area contributed by atoms with Crippen molar-refractivity contribution in [3.63, 3.8) is 0 Å². The number of methoxy groups -OCH3 is 1. The van der Waals surface area contributed by atoms with E-state index in [4.69, 9.17) is 51.1 Å². The molecule has 324 valence electrons. The number of nitrogens with zero attached hydrogens (tertiary/aromatic N) is 6. The lowest BCUT2D eigenvalue weighted by atomic mass is 10.0. The largest absolute Gasteiger partial charge is 0.495 e. The summed E-state index contributed by atoms with van der Waals surface area (Å²) in [5, 5.41) is 18.7. The predicted octanol–water partition coefficient (Wildman–Crippen LogP) is 9.98. The number of ether oxygens (including phenoxy) is 1. The second-order valence-electron chi connectivity index (χ2n) is 15.2. The van der Waals surface area contributed by atoms with Crippen LogP contribution in [0, 0.1) is 0 Å². The van der Waals surface area contributed by atoms with Gasteiger partial charge in [0.1, 0.15) is 17.4 Å². The van der Waals surface area contributed by atoms with Gasteiger partial charge < -0.3 is 40.1 Å². The lowest BCUT2D eigenvalue weighted by Gasteiger charge is -2.37. The molecule has 3 aliphatic rings. The fraction of sp³-hybridized carbons (Fsp3) is 0.234. The van der Waals surface area contributed by atoms with Gasteiger partial charge in [0.15, 0.2) is 0 Å². The molecule has 0 atom stereocenters.